The van der Waals surface area contributed by atoms with Crippen LogP contribution in [0.5, 0.6) is 0 Å². The molecule has 4 N–H and O–H groups in total. The number of halogens is 2. The number of hydrogen-bond donors (Lipinski definition) is 4. The number of nitrogens with one attached hydrogen (secondary N) is 4. The number of aryl methyl sites for hydroxylation is 5. The molecule has 0 aromatic carbocycles. The molecular formula is C102H124Cl2N26O6. The predicted molar refractivity (Wildman–Crippen MR) is 522 cm³/mol. The molecule has 0 spiro atoms. The number of aromatic nitrogens is 22. The number of ether oxygens (including phenoxy) is 2. The van der Waals surface area contributed by atoms with Gasteiger partial charge in [0, 0.05) is 65.0 Å². The molecule has 12 aromatic heterocycles. The Morgan fingerprint density at radius 1 is 0.390 bits per heavy atom. The van der Waals surface area contributed by atoms with E-state index in [0.29, 0.717) is 96.2 Å². The summed E-state index contributed by atoms with van der Waals surface area (Å²) in [5.74, 6) is 8.45. The van der Waals surface area contributed by atoms with Gasteiger partial charge < -0.3 is 30.7 Å². The lowest BCUT2D eigenvalue weighted by atomic mass is 9.46. The third-order valence-corrected chi connectivity index (χ3v) is 37.9. The second-order valence-electron chi connectivity index (χ2n) is 45.6. The molecule has 12 unspecified atom stereocenters. The molecule has 18 fully saturated rings. The minimum atomic E-state index is -0.153. The van der Waals surface area contributed by atoms with E-state index in [1.54, 1.807) is 58.2 Å². The number of imidazole rings is 4. The summed E-state index contributed by atoms with van der Waals surface area (Å²) in [7, 11) is 7.38. The van der Waals surface area contributed by atoms with Crippen LogP contribution in [0.1, 0.15) is 233 Å². The third kappa shape index (κ3) is 13.8. The Hall–Kier alpha value is -10.7. The van der Waals surface area contributed by atoms with Crippen LogP contribution >= 0.6 is 23.2 Å². The zero-order valence-corrected chi connectivity index (χ0v) is 81.2. The molecular weight excluding hydrogens is 1760 g/mol. The average Bonchev–Trinajstić information content (AvgIpc) is 1.28. The van der Waals surface area contributed by atoms with E-state index in [4.69, 9.17) is 52.6 Å². The van der Waals surface area contributed by atoms with Crippen LogP contribution in [0.15, 0.2) is 127 Å². The first-order valence-electron chi connectivity index (χ1n) is 50.4. The van der Waals surface area contributed by atoms with Crippen molar-refractivity contribution in [2.45, 2.75) is 269 Å². The summed E-state index contributed by atoms with van der Waals surface area (Å²) in [5, 5.41) is 22.9. The van der Waals surface area contributed by atoms with Gasteiger partial charge in [-0.15, -0.1) is 0 Å². The first-order chi connectivity index (χ1) is 65.5. The molecule has 32 nitrogen and oxygen atoms in total. The van der Waals surface area contributed by atoms with E-state index in [0.717, 1.165) is 211 Å². The summed E-state index contributed by atoms with van der Waals surface area (Å²) in [6, 6.07) is 3.72. The molecule has 12 aromatic rings. The first kappa shape index (κ1) is 86.9. The molecule has 2 aliphatic heterocycles. The van der Waals surface area contributed by atoms with Gasteiger partial charge in [-0.2, -0.15) is 30.1 Å². The molecule has 136 heavy (non-hydrogen) atoms. The van der Waals surface area contributed by atoms with E-state index in [9.17, 15) is 19.2 Å². The van der Waals surface area contributed by atoms with E-state index in [1.807, 2.05) is 64.2 Å². The van der Waals surface area contributed by atoms with Gasteiger partial charge in [0.1, 0.15) is 34.7 Å². The van der Waals surface area contributed by atoms with Crippen molar-refractivity contribution in [1.29, 1.82) is 0 Å². The van der Waals surface area contributed by atoms with Gasteiger partial charge >= 0.3 is 22.8 Å². The molecule has 32 rings (SSSR count). The van der Waals surface area contributed by atoms with Crippen LogP contribution in [-0.2, 0) is 59.8 Å². The smallest absolute Gasteiger partial charge is 0.330 e. The van der Waals surface area contributed by atoms with Gasteiger partial charge in [0.15, 0.2) is 33.9 Å². The molecule has 34 heteroatoms. The minimum Gasteiger partial charge on any atom is -0.373 e. The first-order valence-corrected chi connectivity index (χ1v) is 51.2. The normalized spacial score (nSPS) is 34.1. The van der Waals surface area contributed by atoms with E-state index >= 15 is 0 Å². The van der Waals surface area contributed by atoms with Crippen molar-refractivity contribution in [1.82, 2.24) is 106 Å². The summed E-state index contributed by atoms with van der Waals surface area (Å²) in [6.07, 6.45) is 58.5. The second-order valence-corrected chi connectivity index (χ2v) is 46.4. The van der Waals surface area contributed by atoms with Crippen LogP contribution in [0, 0.1) is 87.8 Å². The molecule has 0 radical (unpaired) electrons. The van der Waals surface area contributed by atoms with Crippen LogP contribution in [-0.4, -0.2) is 131 Å². The Kier molecular flexibility index (Phi) is 20.1. The van der Waals surface area contributed by atoms with Crippen molar-refractivity contribution in [3.8, 4) is 0 Å². The topological polar surface area (TPSA) is 338 Å². The van der Waals surface area contributed by atoms with Crippen LogP contribution in [0.4, 0.5) is 35.2 Å². The monoisotopic (exact) mass is 1880 g/mol. The highest BCUT2D eigenvalue weighted by Crippen LogP contribution is 2.70. The van der Waals surface area contributed by atoms with Crippen molar-refractivity contribution < 1.29 is 9.47 Å². The predicted octanol–water partition coefficient (Wildman–Crippen LogP) is 17.4. The van der Waals surface area contributed by atoms with Gasteiger partial charge in [-0.3, -0.25) is 36.5 Å². The number of fused-ring (bicyclic) bond motifs is 8. The van der Waals surface area contributed by atoms with Crippen LogP contribution < -0.4 is 44.0 Å². The maximum Gasteiger partial charge on any atom is 0.330 e. The molecule has 20 aliphatic rings. The Morgan fingerprint density at radius 3 is 1.07 bits per heavy atom. The fraction of sp³-hybridized carbons (Fsp3) is 0.608. The fourth-order valence-electron chi connectivity index (χ4n) is 32.6. The van der Waals surface area contributed by atoms with Crippen molar-refractivity contribution in [2.24, 2.45) is 109 Å². The standard InChI is InChI=1S/C27H35N5O2.C26H32ClN5O2.C25H30N8O.C24H27ClN8O/c1-4-26-10-17-8-18(11-26)13-27(12-17,15-26)32-23-21(31(3)25(32)33)14-28-24(30-23)29-20-9-19-5-6-34-22(19)7-16(20)2;1-3-25-9-15-6-16(10-25)12-26(11-15,14-25)32-22-20(31(2)24(32)33)13-28-23(30-22)29-19-7-17-4-5-34-21(17)8-18(19)27;1-4-24-7-16-6-17(8-24)10-25(9-16,13-24)33-21-19(31(3)23(33)34)11-26-22(30-21)29-18-12-32-20(5-15(18)2)27-14-28-32;1-3-23-6-14-4-15(7-23)9-24(8-14,12-23)33-20-18(31(2)22(33)34)10-26-21(30-20)29-17-11-32-19(5-16(17)25)27-13-28-32/h7,9,14,17-19,22H,4-6,8,10-13,15H2,1-3H3,(H,28,29,30);7-8,13,15-17,21H,3-6,9-12,14H2,1-2H3,(H,28,29,30);5,11-12,14,16-17H,4,6-10,13H2,1-3H3,(H,26,29,30);5,10-11,13-15H,3-4,6-9,12H2,1-2H3,(H,26,29,30). The van der Waals surface area contributed by atoms with E-state index in [1.165, 1.54) is 115 Å². The molecule has 12 atom stereocenters. The summed E-state index contributed by atoms with van der Waals surface area (Å²) in [5.41, 5.74) is 14.3. The van der Waals surface area contributed by atoms with Gasteiger partial charge in [0.25, 0.3) is 0 Å². The van der Waals surface area contributed by atoms with Crippen LogP contribution in [0.3, 0.4) is 0 Å². The molecule has 16 saturated carbocycles. The summed E-state index contributed by atoms with van der Waals surface area (Å²) < 4.78 is 30.1. The maximum absolute atomic E-state index is 13.7. The summed E-state index contributed by atoms with van der Waals surface area (Å²) in [4.78, 5) is 101. The number of hydrogen-bond acceptors (Lipinski definition) is 22. The highest BCUT2D eigenvalue weighted by molar-refractivity contribution is 6.33. The maximum atomic E-state index is 13.7. The highest BCUT2D eigenvalue weighted by atomic mass is 35.5. The van der Waals surface area contributed by atoms with Gasteiger partial charge in [-0.25, -0.2) is 58.1 Å². The zero-order chi connectivity index (χ0) is 93.0. The number of rotatable bonds is 16. The van der Waals surface area contributed by atoms with Gasteiger partial charge in [0.05, 0.1) is 98.7 Å². The van der Waals surface area contributed by atoms with E-state index < -0.39 is 0 Å². The van der Waals surface area contributed by atoms with Crippen molar-refractivity contribution in [3.05, 3.63) is 161 Å². The van der Waals surface area contributed by atoms with E-state index in [-0.39, 0.29) is 57.1 Å². The Bertz CT molecular complexity index is 6860. The van der Waals surface area contributed by atoms with Gasteiger partial charge in [0.2, 0.25) is 23.8 Å². The highest BCUT2D eigenvalue weighted by Gasteiger charge is 2.64. The fourth-order valence-corrected chi connectivity index (χ4v) is 33.0. The second kappa shape index (κ2) is 31.4. The quantitative estimate of drug-likeness (QED) is 0.0698. The lowest BCUT2D eigenvalue weighted by Crippen LogP contribution is -2.58. The minimum absolute atomic E-state index is 0.0109. The van der Waals surface area contributed by atoms with Crippen molar-refractivity contribution >= 4 is 114 Å². The van der Waals surface area contributed by atoms with Crippen LogP contribution in [0.25, 0.3) is 55.9 Å². The SMILES string of the molecule is CCC12CC3CC(C1)CC(n1c(=O)n(C)c4cnc(NC5=CC6CCOC6C=C5C)nc41)(C3)C2.CCC12CC3CC(C1)CC(n1c(=O)n(C)c4cnc(NC5=CC6CCOC6C=C5Cl)nc41)(C3)C2.CCC12CC3CC(C1)CC(n1c(=O)n(C)c4cnc(Nc5cn6ncnc6cc5C)nc41)(C3)C2.CCC12CC3CC(C1)CC(n1c(=O)n(C)c4cnc(Nc5cn6ncnc6cc5Cl)nc41)(C3)C2. The Labute approximate surface area is 797 Å². The third-order valence-electron chi connectivity index (χ3n) is 37.2. The number of pyridine rings is 2. The van der Waals surface area contributed by atoms with Gasteiger partial charge in [-0.05, 0) is 273 Å². The van der Waals surface area contributed by atoms with Crippen molar-refractivity contribution in [2.75, 3.05) is 34.5 Å². The summed E-state index contributed by atoms with van der Waals surface area (Å²) >= 11 is 13.0. The number of allylic oxidation sites excluding steroid dienone is 2. The van der Waals surface area contributed by atoms with Crippen molar-refractivity contribution in [3.63, 3.8) is 0 Å². The lowest BCUT2D eigenvalue weighted by molar-refractivity contribution is -0.103. The van der Waals surface area contributed by atoms with E-state index in [2.05, 4.69) is 128 Å². The molecule has 14 heterocycles. The Balaban J connectivity index is 0.0000000965. The number of anilines is 6. The largest absolute Gasteiger partial charge is 0.373 e. The summed E-state index contributed by atoms with van der Waals surface area (Å²) in [6.45, 7) is 15.0. The molecule has 0 amide bonds. The molecule has 712 valence electrons. The van der Waals surface area contributed by atoms with Crippen LogP contribution in [0.2, 0.25) is 5.02 Å². The Morgan fingerprint density at radius 2 is 0.706 bits per heavy atom. The lowest BCUT2D eigenvalue weighted by Gasteiger charge is -2.62. The number of nitrogens with zero attached hydrogens (tertiary/aromatic N) is 22. The van der Waals surface area contributed by atoms with Gasteiger partial charge in [-0.1, -0.05) is 94.8 Å². The average molecular weight is 1880 g/mol. The molecule has 2 saturated heterocycles. The molecule has 16 bridgehead atoms. The molecule has 18 aliphatic carbocycles. The zero-order valence-electron chi connectivity index (χ0n) is 79.7.